The van der Waals surface area contributed by atoms with Crippen LogP contribution in [0.4, 0.5) is 0 Å². The van der Waals surface area contributed by atoms with Crippen LogP contribution in [-0.2, 0) is 0 Å². The minimum atomic E-state index is 0.316. The second-order valence-corrected chi connectivity index (χ2v) is 20.7. The molecule has 0 fully saturated rings. The Labute approximate surface area is 485 Å². The van der Waals surface area contributed by atoms with Crippen LogP contribution in [0, 0.1) is 34.0 Å². The van der Waals surface area contributed by atoms with E-state index in [1.165, 1.54) is 0 Å². The normalized spacial score (nSPS) is 11.2. The molecular formula is C76H46N8. The molecule has 11 aromatic carbocycles. The molecule has 0 bridgehead atoms. The zero-order chi connectivity index (χ0) is 56.8. The lowest BCUT2D eigenvalue weighted by Crippen LogP contribution is -2.06. The third-order valence-electron chi connectivity index (χ3n) is 15.8. The Hall–Kier alpha value is -12.0. The van der Waals surface area contributed by atoms with Crippen LogP contribution in [0.1, 0.15) is 22.3 Å². The highest BCUT2D eigenvalue weighted by atomic mass is 15.1. The summed E-state index contributed by atoms with van der Waals surface area (Å²) in [5.41, 5.74) is 18.7. The largest absolute Gasteiger partial charge is 0.308 e. The highest BCUT2D eigenvalue weighted by Crippen LogP contribution is 2.43. The fraction of sp³-hybridized carbons (Fsp3) is 0. The van der Waals surface area contributed by atoms with E-state index in [-0.39, 0.29) is 0 Å². The lowest BCUT2D eigenvalue weighted by molar-refractivity contribution is 1.06. The molecule has 0 atom stereocenters. The topological polar surface area (TPSA) is 120 Å². The maximum absolute atomic E-state index is 10.7. The minimum Gasteiger partial charge on any atom is -0.308 e. The van der Waals surface area contributed by atoms with Gasteiger partial charge >= 0.3 is 0 Å². The average Bonchev–Trinajstić information content (AvgIpc) is 2.12. The number of rotatable bonds is 11. The van der Waals surface area contributed by atoms with Crippen molar-refractivity contribution in [3.63, 3.8) is 0 Å². The number of fused-ring (bicyclic) bond motifs is 6. The SMILES string of the molecule is C=CC(=C)c1ccc2c(c1)c1cc(-c3ccccc3)ccc1n2-c1ccc(C#N)cc1-c1nc(-c2ccc(-c3cccc(C#N)c3)cc2)nc(-c2cc(C#N)ccc2-n2c3ccc(-c4ccccc4)cc3c3cc(-c4ccccc4)ccc32)n1. The zero-order valence-corrected chi connectivity index (χ0v) is 45.2. The fourth-order valence-corrected chi connectivity index (χ4v) is 11.6. The summed E-state index contributed by atoms with van der Waals surface area (Å²) >= 11 is 0. The van der Waals surface area contributed by atoms with E-state index in [9.17, 15) is 15.8 Å². The van der Waals surface area contributed by atoms with Gasteiger partial charge in [0.1, 0.15) is 0 Å². The molecule has 8 heteroatoms. The first kappa shape index (κ1) is 50.2. The summed E-state index contributed by atoms with van der Waals surface area (Å²) in [6.45, 7) is 8.35. The first-order chi connectivity index (χ1) is 41.3. The van der Waals surface area contributed by atoms with Crippen molar-refractivity contribution in [1.29, 1.82) is 15.8 Å². The standard InChI is InChI=1S/C76H46N8/c1-3-48(2)57-28-34-68-62(41-57)63-42-59(52-15-7-4-8-16-52)29-35-69(63)83(68)72-32-22-50(46-78)39-66(72)75-80-74(56-26-24-55(25-27-56)58-21-13-14-49(38-58)45-77)81-76(82-75)67-40-51(47-79)23-33-73(67)84-70-36-30-60(53-17-9-5-10-18-53)43-64(70)65-44-61(31-37-71(65)84)54-19-11-6-12-20-54/h3-44H,1-2H2. The maximum Gasteiger partial charge on any atom is 0.166 e. The summed E-state index contributed by atoms with van der Waals surface area (Å²) in [4.78, 5) is 16.2. The van der Waals surface area contributed by atoms with Crippen molar-refractivity contribution in [2.45, 2.75) is 0 Å². The van der Waals surface area contributed by atoms with E-state index in [0.717, 1.165) is 111 Å². The molecule has 0 aliphatic heterocycles. The van der Waals surface area contributed by atoms with E-state index < -0.39 is 0 Å². The van der Waals surface area contributed by atoms with Crippen LogP contribution in [0.25, 0.3) is 139 Å². The number of hydrogen-bond acceptors (Lipinski definition) is 6. The number of benzene rings is 11. The molecule has 14 rings (SSSR count). The Balaban J connectivity index is 1.03. The van der Waals surface area contributed by atoms with Crippen molar-refractivity contribution in [2.75, 3.05) is 0 Å². The predicted molar refractivity (Wildman–Crippen MR) is 340 cm³/mol. The van der Waals surface area contributed by atoms with Crippen molar-refractivity contribution in [3.05, 3.63) is 290 Å². The van der Waals surface area contributed by atoms with Gasteiger partial charge < -0.3 is 9.13 Å². The monoisotopic (exact) mass is 1070 g/mol. The highest BCUT2D eigenvalue weighted by molar-refractivity contribution is 6.13. The van der Waals surface area contributed by atoms with Gasteiger partial charge in [0.15, 0.2) is 17.5 Å². The second-order valence-electron chi connectivity index (χ2n) is 20.7. The molecule has 0 amide bonds. The molecule has 0 spiro atoms. The van der Waals surface area contributed by atoms with E-state index in [2.05, 4.69) is 174 Å². The summed E-state index contributed by atoms with van der Waals surface area (Å²) in [5, 5.41) is 35.3. The summed E-state index contributed by atoms with van der Waals surface area (Å²) in [6, 6.07) is 91.1. The molecule has 0 N–H and O–H groups in total. The minimum absolute atomic E-state index is 0.316. The molecule has 0 radical (unpaired) electrons. The molecule has 3 heterocycles. The molecular weight excluding hydrogens is 1020 g/mol. The van der Waals surface area contributed by atoms with E-state index in [0.29, 0.717) is 50.9 Å². The van der Waals surface area contributed by atoms with Crippen molar-refractivity contribution in [1.82, 2.24) is 24.1 Å². The van der Waals surface area contributed by atoms with Gasteiger partial charge in [0, 0.05) is 38.2 Å². The number of nitriles is 3. The maximum atomic E-state index is 10.7. The lowest BCUT2D eigenvalue weighted by atomic mass is 10.0. The van der Waals surface area contributed by atoms with Crippen LogP contribution in [0.2, 0.25) is 0 Å². The van der Waals surface area contributed by atoms with Crippen molar-refractivity contribution >= 4 is 49.2 Å². The summed E-state index contributed by atoms with van der Waals surface area (Å²) in [7, 11) is 0. The van der Waals surface area contributed by atoms with Crippen LogP contribution in [0.5, 0.6) is 0 Å². The molecule has 14 aromatic rings. The van der Waals surface area contributed by atoms with Crippen LogP contribution in [0.3, 0.4) is 0 Å². The first-order valence-electron chi connectivity index (χ1n) is 27.5. The fourth-order valence-electron chi connectivity index (χ4n) is 11.6. The number of allylic oxidation sites excluding steroid dienone is 2. The molecule has 0 aliphatic rings. The Kier molecular flexibility index (Phi) is 12.5. The highest BCUT2D eigenvalue weighted by Gasteiger charge is 2.24. The predicted octanol–water partition coefficient (Wildman–Crippen LogP) is 18.5. The van der Waals surface area contributed by atoms with Gasteiger partial charge in [0.25, 0.3) is 0 Å². The molecule has 0 saturated heterocycles. The van der Waals surface area contributed by atoms with Gasteiger partial charge in [-0.1, -0.05) is 171 Å². The van der Waals surface area contributed by atoms with E-state index in [1.54, 1.807) is 12.1 Å². The summed E-state index contributed by atoms with van der Waals surface area (Å²) < 4.78 is 4.47. The lowest BCUT2D eigenvalue weighted by Gasteiger charge is -2.17. The zero-order valence-electron chi connectivity index (χ0n) is 45.2. The Morgan fingerprint density at radius 3 is 1.13 bits per heavy atom. The van der Waals surface area contributed by atoms with Crippen LogP contribution >= 0.6 is 0 Å². The molecule has 84 heavy (non-hydrogen) atoms. The second kappa shape index (κ2) is 20.9. The van der Waals surface area contributed by atoms with Crippen LogP contribution in [-0.4, -0.2) is 24.1 Å². The van der Waals surface area contributed by atoms with Crippen LogP contribution < -0.4 is 0 Å². The number of aromatic nitrogens is 5. The molecule has 0 aliphatic carbocycles. The van der Waals surface area contributed by atoms with Crippen molar-refractivity contribution < 1.29 is 0 Å². The third kappa shape index (κ3) is 8.85. The number of nitrogens with zero attached hydrogens (tertiary/aromatic N) is 8. The smallest absolute Gasteiger partial charge is 0.166 e. The Morgan fingerprint density at radius 2 is 0.690 bits per heavy atom. The van der Waals surface area contributed by atoms with Crippen molar-refractivity contribution in [3.8, 4) is 108 Å². The quantitative estimate of drug-likeness (QED) is 0.119. The van der Waals surface area contributed by atoms with Gasteiger partial charge in [0.05, 0.1) is 68.3 Å². The van der Waals surface area contributed by atoms with Gasteiger partial charge in [-0.3, -0.25) is 0 Å². The van der Waals surface area contributed by atoms with Crippen molar-refractivity contribution in [2.24, 2.45) is 0 Å². The Morgan fingerprint density at radius 1 is 0.333 bits per heavy atom. The van der Waals surface area contributed by atoms with Gasteiger partial charge in [-0.05, 0) is 153 Å². The van der Waals surface area contributed by atoms with E-state index in [1.807, 2.05) is 109 Å². The molecule has 0 saturated carbocycles. The molecule has 390 valence electrons. The molecule has 3 aromatic heterocycles. The summed E-state index contributed by atoms with van der Waals surface area (Å²) in [5.74, 6) is 1.01. The first-order valence-corrected chi connectivity index (χ1v) is 27.5. The summed E-state index contributed by atoms with van der Waals surface area (Å²) in [6.07, 6.45) is 1.77. The third-order valence-corrected chi connectivity index (χ3v) is 15.8. The van der Waals surface area contributed by atoms with Gasteiger partial charge in [0.2, 0.25) is 0 Å². The number of hydrogen-bond donors (Lipinski definition) is 0. The van der Waals surface area contributed by atoms with Gasteiger partial charge in [-0.15, -0.1) is 0 Å². The average molecular weight is 1070 g/mol. The molecule has 0 unspecified atom stereocenters. The van der Waals surface area contributed by atoms with Gasteiger partial charge in [-0.2, -0.15) is 15.8 Å². The molecule has 8 nitrogen and oxygen atoms in total. The van der Waals surface area contributed by atoms with E-state index in [4.69, 9.17) is 15.0 Å². The van der Waals surface area contributed by atoms with E-state index >= 15 is 0 Å². The van der Waals surface area contributed by atoms with Crippen LogP contribution in [0.15, 0.2) is 268 Å². The Bertz CT molecular complexity index is 5030. The van der Waals surface area contributed by atoms with Gasteiger partial charge in [-0.25, -0.2) is 15.0 Å².